The van der Waals surface area contributed by atoms with Gasteiger partial charge in [0.05, 0.1) is 24.2 Å². The maximum atomic E-state index is 13.4. The van der Waals surface area contributed by atoms with Crippen LogP contribution in [0.5, 0.6) is 0 Å². The fraction of sp³-hybridized carbons (Fsp3) is 0.367. The largest absolute Gasteiger partial charge is 0.416 e. The molecule has 2 saturated heterocycles. The van der Waals surface area contributed by atoms with Crippen molar-refractivity contribution in [2.45, 2.75) is 44.8 Å². The molecule has 0 aliphatic carbocycles. The molecule has 2 fully saturated rings. The Bertz CT molecular complexity index is 1700. The number of carbonyl (C=O) groups is 2. The number of imidazole rings is 1. The Morgan fingerprint density at radius 1 is 1.12 bits per heavy atom. The third-order valence-corrected chi connectivity index (χ3v) is 8.30. The number of anilines is 2. The highest BCUT2D eigenvalue weighted by molar-refractivity contribution is 6.04. The van der Waals surface area contributed by atoms with Crippen molar-refractivity contribution >= 4 is 29.0 Å². The normalized spacial score (nSPS) is 20.1. The smallest absolute Gasteiger partial charge is 0.382 e. The van der Waals surface area contributed by atoms with Crippen LogP contribution in [0.25, 0.3) is 16.8 Å². The lowest BCUT2D eigenvalue weighted by Crippen LogP contribution is -2.57. The van der Waals surface area contributed by atoms with E-state index >= 15 is 0 Å². The lowest BCUT2D eigenvalue weighted by Gasteiger charge is -2.46. The van der Waals surface area contributed by atoms with E-state index in [2.05, 4.69) is 15.3 Å². The number of rotatable bonds is 5. The SMILES string of the molecule is CC1C(c2nc(-c3ccc(C(=O)Nc4cc(C(F)(F)F)ccn4)cc3)c3c(N)nccn23)CCCN1C(=O)C1(C)COC1. The molecule has 2 amide bonds. The van der Waals surface area contributed by atoms with Crippen molar-refractivity contribution in [3.63, 3.8) is 0 Å². The number of pyridine rings is 1. The van der Waals surface area contributed by atoms with Crippen LogP contribution in [-0.4, -0.2) is 61.9 Å². The zero-order valence-corrected chi connectivity index (χ0v) is 23.6. The molecule has 3 aromatic heterocycles. The summed E-state index contributed by atoms with van der Waals surface area (Å²) < 4.78 is 46.4. The number of nitrogens with zero attached hydrogens (tertiary/aromatic N) is 5. The number of benzene rings is 1. The van der Waals surface area contributed by atoms with Crippen molar-refractivity contribution in [1.82, 2.24) is 24.3 Å². The summed E-state index contributed by atoms with van der Waals surface area (Å²) in [6.07, 6.45) is 1.51. The van der Waals surface area contributed by atoms with Gasteiger partial charge in [-0.15, -0.1) is 0 Å². The molecular formula is C30H30F3N7O3. The Morgan fingerprint density at radius 3 is 2.53 bits per heavy atom. The molecular weight excluding hydrogens is 563 g/mol. The molecule has 0 radical (unpaired) electrons. The first-order chi connectivity index (χ1) is 20.5. The van der Waals surface area contributed by atoms with E-state index in [4.69, 9.17) is 15.5 Å². The van der Waals surface area contributed by atoms with Crippen molar-refractivity contribution in [1.29, 1.82) is 0 Å². The molecule has 5 heterocycles. The highest BCUT2D eigenvalue weighted by atomic mass is 19.4. The molecule has 2 unspecified atom stereocenters. The van der Waals surface area contributed by atoms with Gasteiger partial charge in [0, 0.05) is 48.2 Å². The minimum atomic E-state index is -4.56. The van der Waals surface area contributed by atoms with E-state index in [0.29, 0.717) is 36.5 Å². The predicted octanol–water partition coefficient (Wildman–Crippen LogP) is 4.78. The van der Waals surface area contributed by atoms with E-state index in [0.717, 1.165) is 37.0 Å². The number of carbonyl (C=O) groups excluding carboxylic acids is 2. The highest BCUT2D eigenvalue weighted by Crippen LogP contribution is 2.39. The zero-order valence-electron chi connectivity index (χ0n) is 23.6. The minimum Gasteiger partial charge on any atom is -0.382 e. The Morgan fingerprint density at radius 2 is 1.86 bits per heavy atom. The summed E-state index contributed by atoms with van der Waals surface area (Å²) in [6, 6.07) is 8.02. The summed E-state index contributed by atoms with van der Waals surface area (Å²) in [5, 5.41) is 2.41. The Hall–Kier alpha value is -4.52. The number of nitrogen functional groups attached to an aromatic ring is 1. The van der Waals surface area contributed by atoms with Crippen LogP contribution in [0.4, 0.5) is 24.8 Å². The molecule has 3 N–H and O–H groups in total. The second-order valence-electron chi connectivity index (χ2n) is 11.4. The first kappa shape index (κ1) is 28.6. The van der Waals surface area contributed by atoms with E-state index in [-0.39, 0.29) is 35.1 Å². The molecule has 0 saturated carbocycles. The van der Waals surface area contributed by atoms with Crippen molar-refractivity contribution in [3.05, 3.63) is 71.9 Å². The van der Waals surface area contributed by atoms with E-state index in [1.165, 1.54) is 0 Å². The standard InChI is InChI=1S/C30H30F3N7O3/c1-17-21(4-3-12-39(17)28(42)29(2)15-43-16-29)26-38-23(24-25(34)36-11-13-40(24)26)18-5-7-19(8-6-18)27(41)37-22-14-20(9-10-35-22)30(31,32)33/h5-11,13-14,17,21H,3-4,12,15-16H2,1-2H3,(H2,34,36)(H,35,37,41). The average Bonchev–Trinajstić information content (AvgIpc) is 3.36. The third-order valence-electron chi connectivity index (χ3n) is 8.30. The Kier molecular flexibility index (Phi) is 7.07. The van der Waals surface area contributed by atoms with Crippen molar-refractivity contribution in [2.24, 2.45) is 5.41 Å². The average molecular weight is 594 g/mol. The molecule has 2 aliphatic rings. The lowest BCUT2D eigenvalue weighted by atomic mass is 9.83. The van der Waals surface area contributed by atoms with Crippen LogP contribution in [0.2, 0.25) is 0 Å². The van der Waals surface area contributed by atoms with Gasteiger partial charge in [-0.1, -0.05) is 12.1 Å². The van der Waals surface area contributed by atoms with Crippen LogP contribution in [0.15, 0.2) is 55.0 Å². The first-order valence-corrected chi connectivity index (χ1v) is 13.9. The number of alkyl halides is 3. The molecule has 10 nitrogen and oxygen atoms in total. The maximum Gasteiger partial charge on any atom is 0.416 e. The molecule has 0 spiro atoms. The number of nitrogens with one attached hydrogen (secondary N) is 1. The monoisotopic (exact) mass is 593 g/mol. The van der Waals surface area contributed by atoms with Crippen LogP contribution in [-0.2, 0) is 15.7 Å². The number of hydrogen-bond donors (Lipinski definition) is 2. The van der Waals surface area contributed by atoms with Gasteiger partial charge in [0.25, 0.3) is 5.91 Å². The van der Waals surface area contributed by atoms with Gasteiger partial charge in [0.1, 0.15) is 28.7 Å². The van der Waals surface area contributed by atoms with Crippen LogP contribution in [0.3, 0.4) is 0 Å². The molecule has 1 aromatic carbocycles. The van der Waals surface area contributed by atoms with Crippen molar-refractivity contribution < 1.29 is 27.5 Å². The number of likely N-dealkylation sites (tertiary alicyclic amines) is 1. The quantitative estimate of drug-likeness (QED) is 0.341. The Labute approximate surface area is 245 Å². The molecule has 6 rings (SSSR count). The van der Waals surface area contributed by atoms with Gasteiger partial charge in [-0.2, -0.15) is 13.2 Å². The van der Waals surface area contributed by atoms with E-state index in [9.17, 15) is 22.8 Å². The van der Waals surface area contributed by atoms with Crippen molar-refractivity contribution in [2.75, 3.05) is 30.8 Å². The summed E-state index contributed by atoms with van der Waals surface area (Å²) >= 11 is 0. The molecule has 2 atom stereocenters. The second kappa shape index (κ2) is 10.6. The highest BCUT2D eigenvalue weighted by Gasteiger charge is 2.47. The number of ether oxygens (including phenoxy) is 1. The van der Waals surface area contributed by atoms with Crippen LogP contribution in [0.1, 0.15) is 54.4 Å². The zero-order chi connectivity index (χ0) is 30.5. The van der Waals surface area contributed by atoms with Gasteiger partial charge in [0.2, 0.25) is 5.91 Å². The number of piperidine rings is 1. The number of nitrogens with two attached hydrogens (primary N) is 1. The number of fused-ring (bicyclic) bond motifs is 1. The maximum absolute atomic E-state index is 13.4. The number of aromatic nitrogens is 4. The van der Waals surface area contributed by atoms with Gasteiger partial charge >= 0.3 is 6.18 Å². The Balaban J connectivity index is 1.29. The van der Waals surface area contributed by atoms with Gasteiger partial charge in [0.15, 0.2) is 0 Å². The summed E-state index contributed by atoms with van der Waals surface area (Å²) in [5.41, 5.74) is 7.00. The van der Waals surface area contributed by atoms with Gasteiger partial charge < -0.3 is 20.7 Å². The molecule has 224 valence electrons. The van der Waals surface area contributed by atoms with Crippen LogP contribution < -0.4 is 11.1 Å². The summed E-state index contributed by atoms with van der Waals surface area (Å²) in [7, 11) is 0. The van der Waals surface area contributed by atoms with Crippen LogP contribution >= 0.6 is 0 Å². The summed E-state index contributed by atoms with van der Waals surface area (Å²) in [5.74, 6) is 0.255. The number of halogens is 3. The van der Waals surface area contributed by atoms with Crippen LogP contribution in [0, 0.1) is 5.41 Å². The topological polar surface area (TPSA) is 128 Å². The minimum absolute atomic E-state index is 0.0599. The molecule has 13 heteroatoms. The fourth-order valence-electron chi connectivity index (χ4n) is 5.85. The third kappa shape index (κ3) is 5.18. The number of amides is 2. The second-order valence-corrected chi connectivity index (χ2v) is 11.4. The molecule has 0 bridgehead atoms. The van der Waals surface area contributed by atoms with Gasteiger partial charge in [-0.25, -0.2) is 15.0 Å². The lowest BCUT2D eigenvalue weighted by molar-refractivity contribution is -0.172. The van der Waals surface area contributed by atoms with Gasteiger partial charge in [-0.3, -0.25) is 14.0 Å². The summed E-state index contributed by atoms with van der Waals surface area (Å²) in [6.45, 7) is 5.49. The summed E-state index contributed by atoms with van der Waals surface area (Å²) in [4.78, 5) is 41.2. The first-order valence-electron chi connectivity index (χ1n) is 13.9. The molecule has 2 aliphatic heterocycles. The predicted molar refractivity (Wildman–Crippen MR) is 152 cm³/mol. The number of hydrogen-bond acceptors (Lipinski definition) is 7. The van der Waals surface area contributed by atoms with E-state index in [1.54, 1.807) is 36.7 Å². The molecule has 43 heavy (non-hydrogen) atoms. The van der Waals surface area contributed by atoms with Gasteiger partial charge in [-0.05, 0) is 51.0 Å². The fourth-order valence-corrected chi connectivity index (χ4v) is 5.85. The van der Waals surface area contributed by atoms with E-state index in [1.807, 2.05) is 23.1 Å². The van der Waals surface area contributed by atoms with E-state index < -0.39 is 23.1 Å². The van der Waals surface area contributed by atoms with Crippen molar-refractivity contribution in [3.8, 4) is 11.3 Å². The molecule has 4 aromatic rings.